The minimum absolute atomic E-state index is 0.343. The predicted octanol–water partition coefficient (Wildman–Crippen LogP) is 1.76. The third-order valence-electron chi connectivity index (χ3n) is 1.40. The van der Waals surface area contributed by atoms with E-state index in [1.165, 1.54) is 0 Å². The lowest BCUT2D eigenvalue weighted by molar-refractivity contribution is -0.727. The van der Waals surface area contributed by atoms with Crippen molar-refractivity contribution in [1.29, 1.82) is 0 Å². The van der Waals surface area contributed by atoms with Gasteiger partial charge in [0.2, 0.25) is 0 Å². The standard InChI is InChI=1S/C5HCl3N2O4/c6-1-2(7)4(9(11)12)5(3(1)8)10(13)14/h(H,11,12). The number of halogens is 3. The number of allylic oxidation sites excluding steroid dienone is 3. The van der Waals surface area contributed by atoms with E-state index < -0.39 is 31.3 Å². The van der Waals surface area contributed by atoms with Crippen LogP contribution in [0.1, 0.15) is 0 Å². The number of hydrogen-bond donors (Lipinski definition) is 1. The Morgan fingerprint density at radius 3 is 1.86 bits per heavy atom. The van der Waals surface area contributed by atoms with E-state index in [0.29, 0.717) is 0 Å². The number of nitro groups is 1. The maximum absolute atomic E-state index is 10.5. The molecule has 0 spiro atoms. The summed E-state index contributed by atoms with van der Waals surface area (Å²) in [5.74, 6) is 0. The molecule has 0 heterocycles. The van der Waals surface area contributed by atoms with E-state index in [1.807, 2.05) is 0 Å². The third kappa shape index (κ3) is 1.52. The molecule has 0 saturated heterocycles. The van der Waals surface area contributed by atoms with Gasteiger partial charge in [0.15, 0.2) is 0 Å². The largest absolute Gasteiger partial charge is 0.417 e. The number of nitrogens with zero attached hydrogens (tertiary/aromatic N) is 2. The molecule has 6 nitrogen and oxygen atoms in total. The minimum atomic E-state index is -0.962. The molecule has 1 aliphatic rings. The van der Waals surface area contributed by atoms with Gasteiger partial charge in [0, 0.05) is 0 Å². The lowest BCUT2D eigenvalue weighted by Crippen LogP contribution is -2.18. The first-order valence-electron chi connectivity index (χ1n) is 3.01. The van der Waals surface area contributed by atoms with Crippen molar-refractivity contribution in [3.8, 4) is 0 Å². The van der Waals surface area contributed by atoms with Crippen LogP contribution in [0.5, 0.6) is 0 Å². The molecule has 0 aromatic heterocycles. The zero-order chi connectivity index (χ0) is 11.0. The second-order valence-corrected chi connectivity index (χ2v) is 3.30. The Balaban J connectivity index is 3.48. The van der Waals surface area contributed by atoms with Crippen molar-refractivity contribution in [2.45, 2.75) is 0 Å². The normalized spacial score (nSPS) is 20.5. The van der Waals surface area contributed by atoms with Gasteiger partial charge < -0.3 is 5.21 Å². The molecule has 0 fully saturated rings. The van der Waals surface area contributed by atoms with Crippen molar-refractivity contribution in [1.82, 2.24) is 0 Å². The Morgan fingerprint density at radius 1 is 1.07 bits per heavy atom. The van der Waals surface area contributed by atoms with Gasteiger partial charge in [0.25, 0.3) is 0 Å². The molecular weight excluding hydrogens is 258 g/mol. The van der Waals surface area contributed by atoms with Crippen LogP contribution in [0.15, 0.2) is 20.8 Å². The van der Waals surface area contributed by atoms with Crippen LogP contribution in [0.25, 0.3) is 0 Å². The molecule has 0 saturated carbocycles. The van der Waals surface area contributed by atoms with Crippen LogP contribution in [-0.2, 0) is 0 Å². The molecule has 76 valence electrons. The van der Waals surface area contributed by atoms with Crippen LogP contribution in [0.2, 0.25) is 0 Å². The molecule has 0 aromatic carbocycles. The first-order valence-corrected chi connectivity index (χ1v) is 4.15. The van der Waals surface area contributed by atoms with Gasteiger partial charge in [-0.2, -0.15) is 0 Å². The Morgan fingerprint density at radius 2 is 1.57 bits per heavy atom. The van der Waals surface area contributed by atoms with Gasteiger partial charge in [0.05, 0.1) is 14.9 Å². The minimum Gasteiger partial charge on any atom is -0.417 e. The fourth-order valence-electron chi connectivity index (χ4n) is 0.853. The maximum atomic E-state index is 10.5. The second-order valence-electron chi connectivity index (χ2n) is 2.17. The summed E-state index contributed by atoms with van der Waals surface area (Å²) in [6.45, 7) is 0. The average Bonchev–Trinajstić information content (AvgIpc) is 2.29. The zero-order valence-electron chi connectivity index (χ0n) is 6.20. The van der Waals surface area contributed by atoms with Gasteiger partial charge in [0.1, 0.15) is 10.1 Å². The summed E-state index contributed by atoms with van der Waals surface area (Å²) in [7, 11) is 0. The van der Waals surface area contributed by atoms with Crippen molar-refractivity contribution in [3.05, 3.63) is 36.1 Å². The monoisotopic (exact) mass is 258 g/mol. The molecule has 0 aromatic rings. The number of rotatable bonds is 1. The quantitative estimate of drug-likeness (QED) is 0.336. The van der Waals surface area contributed by atoms with E-state index >= 15 is 0 Å². The Hall–Kier alpha value is -0.980. The maximum Gasteiger partial charge on any atom is 0.367 e. The van der Waals surface area contributed by atoms with E-state index in [4.69, 9.17) is 40.0 Å². The topological polar surface area (TPSA) is 89.4 Å². The highest BCUT2D eigenvalue weighted by Gasteiger charge is 2.44. The summed E-state index contributed by atoms with van der Waals surface area (Å²) >= 11 is 16.3. The molecule has 0 bridgehead atoms. The molecule has 1 aliphatic carbocycles. The highest BCUT2D eigenvalue weighted by Crippen LogP contribution is 2.37. The molecule has 1 N–H and O–H groups in total. The molecule has 1 rings (SSSR count). The van der Waals surface area contributed by atoms with Crippen LogP contribution in [0, 0.1) is 15.3 Å². The van der Waals surface area contributed by atoms with Crippen LogP contribution in [0.3, 0.4) is 0 Å². The van der Waals surface area contributed by atoms with Crippen molar-refractivity contribution in [2.75, 3.05) is 0 Å². The third-order valence-corrected chi connectivity index (χ3v) is 2.71. The molecule has 0 amide bonds. The molecule has 0 atom stereocenters. The van der Waals surface area contributed by atoms with Crippen molar-refractivity contribution in [3.63, 3.8) is 0 Å². The van der Waals surface area contributed by atoms with Crippen LogP contribution in [-0.4, -0.2) is 20.7 Å². The van der Waals surface area contributed by atoms with E-state index in [-0.39, 0.29) is 5.03 Å². The Kier molecular flexibility index (Phi) is 2.89. The van der Waals surface area contributed by atoms with Crippen molar-refractivity contribution < 1.29 is 15.0 Å². The van der Waals surface area contributed by atoms with E-state index in [0.717, 1.165) is 0 Å². The Labute approximate surface area is 92.0 Å². The van der Waals surface area contributed by atoms with Gasteiger partial charge >= 0.3 is 11.4 Å². The SMILES string of the molecule is O=[N+]([O-])C1=C(Cl)C(Cl)=C(Cl)/C1=[N+](\[O-])O. The van der Waals surface area contributed by atoms with Crippen molar-refractivity contribution in [2.24, 2.45) is 0 Å². The van der Waals surface area contributed by atoms with Crippen LogP contribution >= 0.6 is 34.8 Å². The van der Waals surface area contributed by atoms with Gasteiger partial charge in [-0.15, -0.1) is 0 Å². The summed E-state index contributed by atoms with van der Waals surface area (Å²) in [4.78, 5) is 8.73. The zero-order valence-corrected chi connectivity index (χ0v) is 8.47. The molecule has 14 heavy (non-hydrogen) atoms. The highest BCUT2D eigenvalue weighted by atomic mass is 35.5. The molecule has 0 unspecified atom stereocenters. The lowest BCUT2D eigenvalue weighted by Gasteiger charge is -1.93. The average molecular weight is 259 g/mol. The molecule has 9 heteroatoms. The summed E-state index contributed by atoms with van der Waals surface area (Å²) in [5.41, 5.74) is -1.59. The lowest BCUT2D eigenvalue weighted by atomic mass is 10.3. The van der Waals surface area contributed by atoms with E-state index in [2.05, 4.69) is 0 Å². The first kappa shape index (κ1) is 11.1. The summed E-state index contributed by atoms with van der Waals surface area (Å²) in [6.07, 6.45) is 0. The van der Waals surface area contributed by atoms with Gasteiger partial charge in [-0.05, 0) is 0 Å². The van der Waals surface area contributed by atoms with Gasteiger partial charge in [-0.25, -0.2) is 0 Å². The summed E-state index contributed by atoms with van der Waals surface area (Å²) < 4.78 is 0. The van der Waals surface area contributed by atoms with Crippen LogP contribution < -0.4 is 0 Å². The second kappa shape index (κ2) is 3.64. The highest BCUT2D eigenvalue weighted by molar-refractivity contribution is 6.58. The Bertz CT molecular complexity index is 407. The molecule has 0 radical (unpaired) electrons. The predicted molar refractivity (Wildman–Crippen MR) is 49.0 cm³/mol. The first-order chi connectivity index (χ1) is 6.37. The van der Waals surface area contributed by atoms with E-state index in [9.17, 15) is 15.3 Å². The smallest absolute Gasteiger partial charge is 0.367 e. The van der Waals surface area contributed by atoms with Crippen LogP contribution in [0.4, 0.5) is 0 Å². The van der Waals surface area contributed by atoms with Gasteiger partial charge in [-0.1, -0.05) is 34.8 Å². The molecule has 0 aliphatic heterocycles. The van der Waals surface area contributed by atoms with Crippen molar-refractivity contribution >= 4 is 40.5 Å². The van der Waals surface area contributed by atoms with E-state index in [1.54, 1.807) is 0 Å². The fraction of sp³-hybridized carbons (Fsp3) is 0. The fourth-order valence-corrected chi connectivity index (χ4v) is 1.59. The number of hydrogen-bond acceptors (Lipinski definition) is 4. The summed E-state index contributed by atoms with van der Waals surface area (Å²) in [5, 5.41) is 28.2. The summed E-state index contributed by atoms with van der Waals surface area (Å²) in [6, 6.07) is 0. The van der Waals surface area contributed by atoms with Gasteiger partial charge in [-0.3, -0.25) is 15.3 Å². The molecular formula is C5HCl3N2O4.